The second kappa shape index (κ2) is 5.16. The minimum Gasteiger partial charge on any atom is -0.353 e. The lowest BCUT2D eigenvalue weighted by atomic mass is 10.1. The van der Waals surface area contributed by atoms with Crippen molar-refractivity contribution in [3.8, 4) is 0 Å². The minimum atomic E-state index is -1.45. The SMILES string of the molecule is COOC(=O)C(S)(OC)c1ccccc1. The Labute approximate surface area is 93.5 Å². The topological polar surface area (TPSA) is 44.8 Å². The van der Waals surface area contributed by atoms with Crippen LogP contribution in [-0.2, 0) is 24.2 Å². The average molecular weight is 228 g/mol. The Hall–Kier alpha value is -1.04. The van der Waals surface area contributed by atoms with E-state index in [0.717, 1.165) is 0 Å². The third-order valence-electron chi connectivity index (χ3n) is 1.90. The summed E-state index contributed by atoms with van der Waals surface area (Å²) in [5.74, 6) is -0.720. The molecule has 0 saturated heterocycles. The zero-order valence-electron chi connectivity index (χ0n) is 8.47. The summed E-state index contributed by atoms with van der Waals surface area (Å²) in [6.07, 6.45) is 0. The van der Waals surface area contributed by atoms with Crippen molar-refractivity contribution in [3.63, 3.8) is 0 Å². The van der Waals surface area contributed by atoms with Crippen molar-refractivity contribution >= 4 is 18.6 Å². The molecule has 15 heavy (non-hydrogen) atoms. The molecule has 1 rings (SSSR count). The molecule has 0 fully saturated rings. The van der Waals surface area contributed by atoms with E-state index in [0.29, 0.717) is 5.56 Å². The summed E-state index contributed by atoms with van der Waals surface area (Å²) < 4.78 is 5.05. The van der Waals surface area contributed by atoms with Gasteiger partial charge in [-0.1, -0.05) is 30.3 Å². The van der Waals surface area contributed by atoms with Crippen LogP contribution < -0.4 is 0 Å². The summed E-state index contributed by atoms with van der Waals surface area (Å²) in [5, 5.41) is 0. The predicted molar refractivity (Wildman–Crippen MR) is 57.2 cm³/mol. The standard InChI is InChI=1S/C10H12O4S/c1-12-10(15,9(11)14-13-2)8-6-4-3-5-7-8/h3-7,15H,1-2H3. The van der Waals surface area contributed by atoms with Crippen molar-refractivity contribution in [1.29, 1.82) is 0 Å². The molecule has 1 atom stereocenters. The zero-order valence-corrected chi connectivity index (χ0v) is 9.36. The zero-order chi connectivity index (χ0) is 11.3. The largest absolute Gasteiger partial charge is 0.388 e. The highest BCUT2D eigenvalue weighted by molar-refractivity contribution is 7.82. The van der Waals surface area contributed by atoms with Gasteiger partial charge in [0.25, 0.3) is 0 Å². The maximum Gasteiger partial charge on any atom is 0.388 e. The van der Waals surface area contributed by atoms with Gasteiger partial charge in [0.2, 0.25) is 4.93 Å². The quantitative estimate of drug-likeness (QED) is 0.367. The Balaban J connectivity index is 3.00. The normalized spacial score (nSPS) is 14.3. The third-order valence-corrected chi connectivity index (χ3v) is 2.52. The molecule has 0 saturated carbocycles. The van der Waals surface area contributed by atoms with E-state index < -0.39 is 10.9 Å². The first kappa shape index (κ1) is 12.0. The van der Waals surface area contributed by atoms with Crippen molar-refractivity contribution < 1.29 is 19.3 Å². The molecular formula is C10H12O4S. The fraction of sp³-hybridized carbons (Fsp3) is 0.300. The lowest BCUT2D eigenvalue weighted by Crippen LogP contribution is -2.33. The van der Waals surface area contributed by atoms with Crippen LogP contribution in [0.25, 0.3) is 0 Å². The van der Waals surface area contributed by atoms with E-state index in [2.05, 4.69) is 22.4 Å². The second-order valence-corrected chi connectivity index (χ2v) is 3.38. The molecule has 1 aromatic rings. The number of rotatable bonds is 4. The van der Waals surface area contributed by atoms with E-state index in [-0.39, 0.29) is 0 Å². The molecule has 5 heteroatoms. The average Bonchev–Trinajstić information content (AvgIpc) is 2.29. The molecule has 0 aromatic heterocycles. The van der Waals surface area contributed by atoms with E-state index in [4.69, 9.17) is 4.74 Å². The van der Waals surface area contributed by atoms with Crippen molar-refractivity contribution in [1.82, 2.24) is 0 Å². The van der Waals surface area contributed by atoms with Crippen LogP contribution in [0.15, 0.2) is 30.3 Å². The molecule has 0 heterocycles. The van der Waals surface area contributed by atoms with Gasteiger partial charge in [-0.05, 0) is 0 Å². The van der Waals surface area contributed by atoms with Gasteiger partial charge in [0.15, 0.2) is 0 Å². The summed E-state index contributed by atoms with van der Waals surface area (Å²) >= 11 is 4.16. The van der Waals surface area contributed by atoms with E-state index in [1.54, 1.807) is 24.3 Å². The maximum absolute atomic E-state index is 11.5. The highest BCUT2D eigenvalue weighted by atomic mass is 32.1. The lowest BCUT2D eigenvalue weighted by Gasteiger charge is -2.23. The highest BCUT2D eigenvalue weighted by Crippen LogP contribution is 2.30. The fourth-order valence-corrected chi connectivity index (χ4v) is 1.30. The lowest BCUT2D eigenvalue weighted by molar-refractivity contribution is -0.265. The van der Waals surface area contributed by atoms with Gasteiger partial charge in [0.05, 0.1) is 7.11 Å². The minimum absolute atomic E-state index is 0.581. The molecule has 82 valence electrons. The Morgan fingerprint density at radius 3 is 2.33 bits per heavy atom. The Kier molecular flexibility index (Phi) is 4.14. The first-order valence-corrected chi connectivity index (χ1v) is 4.68. The predicted octanol–water partition coefficient (Wildman–Crippen LogP) is 1.52. The van der Waals surface area contributed by atoms with E-state index in [1.165, 1.54) is 14.2 Å². The number of methoxy groups -OCH3 is 1. The molecule has 4 nitrogen and oxygen atoms in total. The first-order chi connectivity index (χ1) is 7.15. The van der Waals surface area contributed by atoms with E-state index >= 15 is 0 Å². The summed E-state index contributed by atoms with van der Waals surface area (Å²) in [5.41, 5.74) is 0.581. The van der Waals surface area contributed by atoms with Crippen molar-refractivity contribution in [2.24, 2.45) is 0 Å². The van der Waals surface area contributed by atoms with Crippen molar-refractivity contribution in [2.45, 2.75) is 4.93 Å². The van der Waals surface area contributed by atoms with Crippen molar-refractivity contribution in [3.05, 3.63) is 35.9 Å². The first-order valence-electron chi connectivity index (χ1n) is 4.23. The second-order valence-electron chi connectivity index (χ2n) is 2.75. The summed E-state index contributed by atoms with van der Waals surface area (Å²) in [6.45, 7) is 0. The van der Waals surface area contributed by atoms with Crippen LogP contribution in [0.1, 0.15) is 5.56 Å². The summed E-state index contributed by atoms with van der Waals surface area (Å²) in [4.78, 5) is 18.8. The monoisotopic (exact) mass is 228 g/mol. The molecule has 0 aliphatic carbocycles. The van der Waals surface area contributed by atoms with Crippen LogP contribution in [-0.4, -0.2) is 20.2 Å². The molecule has 1 unspecified atom stereocenters. The molecule has 1 aromatic carbocycles. The van der Waals surface area contributed by atoms with Gasteiger partial charge in [-0.15, -0.1) is 12.6 Å². The van der Waals surface area contributed by atoms with Gasteiger partial charge in [-0.3, -0.25) is 4.89 Å². The van der Waals surface area contributed by atoms with Gasteiger partial charge < -0.3 is 4.74 Å². The summed E-state index contributed by atoms with van der Waals surface area (Å²) in [7, 11) is 2.61. The molecular weight excluding hydrogens is 216 g/mol. The van der Waals surface area contributed by atoms with Crippen LogP contribution in [0.2, 0.25) is 0 Å². The Bertz CT molecular complexity index is 327. The van der Waals surface area contributed by atoms with Crippen LogP contribution in [0.5, 0.6) is 0 Å². The van der Waals surface area contributed by atoms with E-state index in [1.807, 2.05) is 6.07 Å². The van der Waals surface area contributed by atoms with Crippen molar-refractivity contribution in [2.75, 3.05) is 14.2 Å². The number of thiol groups is 1. The van der Waals surface area contributed by atoms with E-state index in [9.17, 15) is 4.79 Å². The number of carbonyl (C=O) groups excluding carboxylic acids is 1. The maximum atomic E-state index is 11.5. The number of hydrogen-bond donors (Lipinski definition) is 1. The molecule has 0 aliphatic rings. The number of ether oxygens (including phenoxy) is 1. The van der Waals surface area contributed by atoms with Gasteiger partial charge in [0.1, 0.15) is 0 Å². The molecule has 0 radical (unpaired) electrons. The molecule has 0 N–H and O–H groups in total. The number of benzene rings is 1. The van der Waals surface area contributed by atoms with Gasteiger partial charge >= 0.3 is 5.97 Å². The Morgan fingerprint density at radius 1 is 1.27 bits per heavy atom. The molecule has 0 spiro atoms. The molecule has 0 amide bonds. The Morgan fingerprint density at radius 2 is 1.87 bits per heavy atom. The third kappa shape index (κ3) is 2.50. The highest BCUT2D eigenvalue weighted by Gasteiger charge is 2.39. The van der Waals surface area contributed by atoms with Crippen LogP contribution >= 0.6 is 12.6 Å². The number of hydrogen-bond acceptors (Lipinski definition) is 5. The van der Waals surface area contributed by atoms with Gasteiger partial charge in [-0.25, -0.2) is 4.79 Å². The smallest absolute Gasteiger partial charge is 0.353 e. The number of carbonyl (C=O) groups is 1. The fourth-order valence-electron chi connectivity index (χ4n) is 1.12. The molecule has 0 bridgehead atoms. The van der Waals surface area contributed by atoms with Crippen LogP contribution in [0.4, 0.5) is 0 Å². The molecule has 0 aliphatic heterocycles. The van der Waals surface area contributed by atoms with Crippen LogP contribution in [0.3, 0.4) is 0 Å². The summed E-state index contributed by atoms with van der Waals surface area (Å²) in [6, 6.07) is 8.81. The van der Waals surface area contributed by atoms with Gasteiger partial charge in [0, 0.05) is 12.7 Å². The van der Waals surface area contributed by atoms with Crippen LogP contribution in [0, 0.1) is 0 Å². The van der Waals surface area contributed by atoms with Gasteiger partial charge in [-0.2, -0.15) is 4.89 Å².